The molecule has 4 heteroatoms. The molecule has 0 bridgehead atoms. The summed E-state index contributed by atoms with van der Waals surface area (Å²) < 4.78 is 5.73. The zero-order valence-electron chi connectivity index (χ0n) is 11.4. The third kappa shape index (κ3) is 3.47. The van der Waals surface area contributed by atoms with Crippen LogP contribution in [0.5, 0.6) is 0 Å². The first-order valence-electron chi connectivity index (χ1n) is 6.78. The van der Waals surface area contributed by atoms with Crippen molar-refractivity contribution in [2.24, 2.45) is 5.92 Å². The topological polar surface area (TPSA) is 58.6 Å². The minimum Gasteiger partial charge on any atom is -0.478 e. The van der Waals surface area contributed by atoms with Crippen molar-refractivity contribution in [3.8, 4) is 0 Å². The van der Waals surface area contributed by atoms with Gasteiger partial charge in [-0.1, -0.05) is 26.0 Å². The van der Waals surface area contributed by atoms with Gasteiger partial charge in [0.25, 0.3) is 0 Å². The van der Waals surface area contributed by atoms with Gasteiger partial charge in [0, 0.05) is 18.3 Å². The van der Waals surface area contributed by atoms with Crippen molar-refractivity contribution in [3.63, 3.8) is 0 Å². The minimum atomic E-state index is -0.893. The molecule has 0 amide bonds. The molecule has 0 radical (unpaired) electrons. The average molecular weight is 263 g/mol. The van der Waals surface area contributed by atoms with Crippen LogP contribution in [-0.4, -0.2) is 29.8 Å². The zero-order valence-corrected chi connectivity index (χ0v) is 11.4. The average Bonchev–Trinajstić information content (AvgIpc) is 2.39. The molecule has 104 valence electrons. The standard InChI is InChI=1S/C15H21NO3/c1-10(2)14-9-11(7-8-19-14)16-13-6-4-3-5-12(13)15(17)18/h3-6,10-11,14,16H,7-9H2,1-2H3,(H,17,18). The number of hydrogen-bond acceptors (Lipinski definition) is 3. The molecule has 0 saturated carbocycles. The lowest BCUT2D eigenvalue weighted by Crippen LogP contribution is -2.36. The smallest absolute Gasteiger partial charge is 0.337 e. The van der Waals surface area contributed by atoms with E-state index in [0.29, 0.717) is 17.2 Å². The van der Waals surface area contributed by atoms with Gasteiger partial charge in [0.05, 0.1) is 11.7 Å². The molecule has 2 unspecified atom stereocenters. The van der Waals surface area contributed by atoms with E-state index in [2.05, 4.69) is 19.2 Å². The zero-order chi connectivity index (χ0) is 13.8. The van der Waals surface area contributed by atoms with Crippen molar-refractivity contribution in [2.75, 3.05) is 11.9 Å². The van der Waals surface area contributed by atoms with Crippen LogP contribution in [0.1, 0.15) is 37.0 Å². The van der Waals surface area contributed by atoms with Crippen molar-refractivity contribution in [1.29, 1.82) is 0 Å². The molecule has 0 aromatic heterocycles. The number of rotatable bonds is 4. The summed E-state index contributed by atoms with van der Waals surface area (Å²) in [5.74, 6) is -0.408. The number of nitrogens with one attached hydrogen (secondary N) is 1. The quantitative estimate of drug-likeness (QED) is 0.876. The van der Waals surface area contributed by atoms with Crippen molar-refractivity contribution in [1.82, 2.24) is 0 Å². The molecule has 0 aliphatic carbocycles. The Kier molecular flexibility index (Phi) is 4.43. The molecule has 1 aromatic rings. The van der Waals surface area contributed by atoms with Crippen LogP contribution >= 0.6 is 0 Å². The van der Waals surface area contributed by atoms with E-state index in [1.807, 2.05) is 12.1 Å². The summed E-state index contributed by atoms with van der Waals surface area (Å²) in [6, 6.07) is 7.33. The van der Waals surface area contributed by atoms with Crippen LogP contribution < -0.4 is 5.32 Å². The molecule has 2 rings (SSSR count). The highest BCUT2D eigenvalue weighted by Gasteiger charge is 2.25. The summed E-state index contributed by atoms with van der Waals surface area (Å²) in [6.45, 7) is 5.03. The summed E-state index contributed by atoms with van der Waals surface area (Å²) in [5, 5.41) is 12.5. The van der Waals surface area contributed by atoms with Gasteiger partial charge in [0.15, 0.2) is 0 Å². The fourth-order valence-corrected chi connectivity index (χ4v) is 2.44. The maximum absolute atomic E-state index is 11.2. The maximum Gasteiger partial charge on any atom is 0.337 e. The van der Waals surface area contributed by atoms with Crippen molar-refractivity contribution >= 4 is 11.7 Å². The Bertz CT molecular complexity index is 445. The highest BCUT2D eigenvalue weighted by molar-refractivity contribution is 5.94. The molecule has 2 atom stereocenters. The van der Waals surface area contributed by atoms with E-state index in [1.165, 1.54) is 0 Å². The van der Waals surface area contributed by atoms with Gasteiger partial charge >= 0.3 is 5.97 Å². The van der Waals surface area contributed by atoms with E-state index in [1.54, 1.807) is 12.1 Å². The Hall–Kier alpha value is -1.55. The molecule has 2 N–H and O–H groups in total. The lowest BCUT2D eigenvalue weighted by Gasteiger charge is -2.33. The largest absolute Gasteiger partial charge is 0.478 e. The van der Waals surface area contributed by atoms with Crippen LogP contribution in [0, 0.1) is 5.92 Å². The maximum atomic E-state index is 11.2. The molecule has 1 fully saturated rings. The Labute approximate surface area is 113 Å². The number of hydrogen-bond donors (Lipinski definition) is 2. The third-order valence-corrected chi connectivity index (χ3v) is 3.58. The number of benzene rings is 1. The Balaban J connectivity index is 2.07. The number of ether oxygens (including phenoxy) is 1. The summed E-state index contributed by atoms with van der Waals surface area (Å²) in [4.78, 5) is 11.2. The highest BCUT2D eigenvalue weighted by atomic mass is 16.5. The van der Waals surface area contributed by atoms with E-state index in [-0.39, 0.29) is 12.1 Å². The first-order chi connectivity index (χ1) is 9.08. The third-order valence-electron chi connectivity index (χ3n) is 3.58. The van der Waals surface area contributed by atoms with Crippen LogP contribution in [0.2, 0.25) is 0 Å². The van der Waals surface area contributed by atoms with Gasteiger partial charge in [-0.2, -0.15) is 0 Å². The molecule has 1 saturated heterocycles. The lowest BCUT2D eigenvalue weighted by molar-refractivity contribution is -0.0160. The van der Waals surface area contributed by atoms with Crippen molar-refractivity contribution in [3.05, 3.63) is 29.8 Å². The number of anilines is 1. The van der Waals surface area contributed by atoms with E-state index in [9.17, 15) is 9.90 Å². The second-order valence-corrected chi connectivity index (χ2v) is 5.37. The van der Waals surface area contributed by atoms with Gasteiger partial charge in [-0.25, -0.2) is 4.79 Å². The predicted molar refractivity (Wildman–Crippen MR) is 74.6 cm³/mol. The Morgan fingerprint density at radius 3 is 2.84 bits per heavy atom. The van der Waals surface area contributed by atoms with E-state index >= 15 is 0 Å². The van der Waals surface area contributed by atoms with Crippen LogP contribution in [0.15, 0.2) is 24.3 Å². The fraction of sp³-hybridized carbons (Fsp3) is 0.533. The van der Waals surface area contributed by atoms with E-state index in [0.717, 1.165) is 19.4 Å². The van der Waals surface area contributed by atoms with E-state index < -0.39 is 5.97 Å². The van der Waals surface area contributed by atoms with Gasteiger partial charge in [-0.15, -0.1) is 0 Å². The predicted octanol–water partition coefficient (Wildman–Crippen LogP) is 3.00. The Morgan fingerprint density at radius 1 is 1.42 bits per heavy atom. The molecular weight excluding hydrogens is 242 g/mol. The van der Waals surface area contributed by atoms with Crippen molar-refractivity contribution in [2.45, 2.75) is 38.8 Å². The number of carboxylic acids is 1. The number of carboxylic acid groups (broad SMARTS) is 1. The van der Waals surface area contributed by atoms with Gasteiger partial charge in [-0.3, -0.25) is 0 Å². The minimum absolute atomic E-state index is 0.253. The monoisotopic (exact) mass is 263 g/mol. The molecule has 0 spiro atoms. The summed E-state index contributed by atoms with van der Waals surface area (Å²) in [5.41, 5.74) is 1.03. The molecule has 1 aliphatic rings. The molecule has 1 aromatic carbocycles. The Morgan fingerprint density at radius 2 is 2.16 bits per heavy atom. The van der Waals surface area contributed by atoms with Crippen LogP contribution in [0.4, 0.5) is 5.69 Å². The van der Waals surface area contributed by atoms with Crippen LogP contribution in [0.25, 0.3) is 0 Å². The van der Waals surface area contributed by atoms with Gasteiger partial charge in [-0.05, 0) is 30.9 Å². The first kappa shape index (κ1) is 13.9. The summed E-state index contributed by atoms with van der Waals surface area (Å²) >= 11 is 0. The number of carbonyl (C=O) groups is 1. The van der Waals surface area contributed by atoms with E-state index in [4.69, 9.17) is 4.74 Å². The normalized spacial score (nSPS) is 23.3. The van der Waals surface area contributed by atoms with Gasteiger partial charge < -0.3 is 15.2 Å². The lowest BCUT2D eigenvalue weighted by atomic mass is 9.95. The molecule has 1 heterocycles. The first-order valence-corrected chi connectivity index (χ1v) is 6.78. The molecule has 1 aliphatic heterocycles. The number of aromatic carboxylic acids is 1. The summed E-state index contributed by atoms with van der Waals surface area (Å²) in [7, 11) is 0. The summed E-state index contributed by atoms with van der Waals surface area (Å²) in [6.07, 6.45) is 2.09. The second kappa shape index (κ2) is 6.06. The van der Waals surface area contributed by atoms with Gasteiger partial charge in [0.1, 0.15) is 0 Å². The number of para-hydroxylation sites is 1. The molecular formula is C15H21NO3. The highest BCUT2D eigenvalue weighted by Crippen LogP contribution is 2.24. The van der Waals surface area contributed by atoms with Crippen molar-refractivity contribution < 1.29 is 14.6 Å². The molecule has 4 nitrogen and oxygen atoms in total. The van der Waals surface area contributed by atoms with Gasteiger partial charge in [0.2, 0.25) is 0 Å². The van der Waals surface area contributed by atoms with Crippen LogP contribution in [-0.2, 0) is 4.74 Å². The second-order valence-electron chi connectivity index (χ2n) is 5.37. The fourth-order valence-electron chi connectivity index (χ4n) is 2.44. The molecule has 19 heavy (non-hydrogen) atoms. The SMILES string of the molecule is CC(C)C1CC(Nc2ccccc2C(=O)O)CCO1. The van der Waals surface area contributed by atoms with Crippen LogP contribution in [0.3, 0.4) is 0 Å².